The summed E-state index contributed by atoms with van der Waals surface area (Å²) in [5.41, 5.74) is 0.251. The molecule has 0 unspecified atom stereocenters. The molecular weight excluding hydrogens is 244 g/mol. The van der Waals surface area contributed by atoms with Crippen molar-refractivity contribution >= 4 is 5.97 Å². The monoisotopic (exact) mass is 251 g/mol. The van der Waals surface area contributed by atoms with E-state index in [1.807, 2.05) is 0 Å². The van der Waals surface area contributed by atoms with Crippen LogP contribution in [0.5, 0.6) is 5.75 Å². The third-order valence-electron chi connectivity index (χ3n) is 1.84. The Balaban J connectivity index is 2.76. The number of carboxylic acid groups (broad SMARTS) is 1. The zero-order valence-corrected chi connectivity index (χ0v) is 8.38. The van der Waals surface area contributed by atoms with Crippen molar-refractivity contribution in [1.29, 1.82) is 0 Å². The van der Waals surface area contributed by atoms with Crippen molar-refractivity contribution in [3.63, 3.8) is 0 Å². The SMILES string of the molecule is O=C([O-])CCc1ccc(OC(F)(F)F)c(F)c1. The first-order chi connectivity index (χ1) is 7.78. The van der Waals surface area contributed by atoms with Gasteiger partial charge in [-0.2, -0.15) is 0 Å². The summed E-state index contributed by atoms with van der Waals surface area (Å²) in [6, 6.07) is 2.75. The predicted molar refractivity (Wildman–Crippen MR) is 46.4 cm³/mol. The maximum absolute atomic E-state index is 13.1. The van der Waals surface area contributed by atoms with Gasteiger partial charge in [-0.15, -0.1) is 13.2 Å². The summed E-state index contributed by atoms with van der Waals surface area (Å²) in [5.74, 6) is -3.46. The molecule has 1 aromatic carbocycles. The van der Waals surface area contributed by atoms with Gasteiger partial charge in [-0.1, -0.05) is 6.07 Å². The molecule has 0 bridgehead atoms. The second-order valence-electron chi connectivity index (χ2n) is 3.18. The van der Waals surface area contributed by atoms with Crippen LogP contribution < -0.4 is 9.84 Å². The average molecular weight is 251 g/mol. The van der Waals surface area contributed by atoms with Gasteiger partial charge >= 0.3 is 6.36 Å². The molecule has 0 saturated carbocycles. The smallest absolute Gasteiger partial charge is 0.550 e. The lowest BCUT2D eigenvalue weighted by Gasteiger charge is -2.10. The summed E-state index contributed by atoms with van der Waals surface area (Å²) in [6.45, 7) is 0. The third-order valence-corrected chi connectivity index (χ3v) is 1.84. The number of aryl methyl sites for hydroxylation is 1. The molecule has 94 valence electrons. The number of carboxylic acids is 1. The standard InChI is InChI=1S/C10H8F4O3/c11-7-5-6(2-4-9(15)16)1-3-8(7)17-10(12,13)14/h1,3,5H,2,4H2,(H,15,16)/p-1. The Morgan fingerprint density at radius 1 is 1.35 bits per heavy atom. The van der Waals surface area contributed by atoms with Gasteiger partial charge in [-0.3, -0.25) is 0 Å². The number of carbonyl (C=O) groups excluding carboxylic acids is 1. The van der Waals surface area contributed by atoms with Crippen LogP contribution >= 0.6 is 0 Å². The fourth-order valence-electron chi connectivity index (χ4n) is 1.15. The quantitative estimate of drug-likeness (QED) is 0.760. The Morgan fingerprint density at radius 2 is 2.00 bits per heavy atom. The Morgan fingerprint density at radius 3 is 2.47 bits per heavy atom. The van der Waals surface area contributed by atoms with Gasteiger partial charge in [-0.05, 0) is 30.5 Å². The lowest BCUT2D eigenvalue weighted by Crippen LogP contribution is -2.22. The normalized spacial score (nSPS) is 11.3. The van der Waals surface area contributed by atoms with Gasteiger partial charge in [0.25, 0.3) is 0 Å². The zero-order chi connectivity index (χ0) is 13.1. The van der Waals surface area contributed by atoms with Crippen LogP contribution in [-0.4, -0.2) is 12.3 Å². The minimum Gasteiger partial charge on any atom is -0.550 e. The fourth-order valence-corrected chi connectivity index (χ4v) is 1.15. The molecule has 3 nitrogen and oxygen atoms in total. The molecule has 0 aliphatic heterocycles. The molecule has 0 aliphatic carbocycles. The maximum atomic E-state index is 13.1. The molecule has 0 N–H and O–H groups in total. The molecular formula is C10H7F4O3-. The van der Waals surface area contributed by atoms with Crippen molar-refractivity contribution in [2.45, 2.75) is 19.2 Å². The highest BCUT2D eigenvalue weighted by atomic mass is 19.4. The highest BCUT2D eigenvalue weighted by Crippen LogP contribution is 2.26. The largest absolute Gasteiger partial charge is 0.573 e. The van der Waals surface area contributed by atoms with Crippen LogP contribution in [0, 0.1) is 5.82 Å². The van der Waals surface area contributed by atoms with Crippen molar-refractivity contribution in [1.82, 2.24) is 0 Å². The van der Waals surface area contributed by atoms with Gasteiger partial charge in [0.15, 0.2) is 11.6 Å². The number of halogens is 4. The van der Waals surface area contributed by atoms with E-state index in [4.69, 9.17) is 0 Å². The molecule has 0 radical (unpaired) electrons. The average Bonchev–Trinajstić information content (AvgIpc) is 2.17. The molecule has 0 spiro atoms. The summed E-state index contributed by atoms with van der Waals surface area (Å²) in [5, 5.41) is 10.1. The van der Waals surface area contributed by atoms with Gasteiger partial charge in [0.2, 0.25) is 0 Å². The van der Waals surface area contributed by atoms with E-state index in [-0.39, 0.29) is 18.4 Å². The molecule has 0 heterocycles. The van der Waals surface area contributed by atoms with E-state index >= 15 is 0 Å². The number of alkyl halides is 3. The Hall–Kier alpha value is -1.79. The Kier molecular flexibility index (Phi) is 3.93. The number of aliphatic carboxylic acids is 1. The van der Waals surface area contributed by atoms with Crippen LogP contribution in [0.15, 0.2) is 18.2 Å². The lowest BCUT2D eigenvalue weighted by atomic mass is 10.1. The molecule has 0 saturated heterocycles. The summed E-state index contributed by atoms with van der Waals surface area (Å²) < 4.78 is 51.9. The number of carbonyl (C=O) groups is 1. The number of ether oxygens (including phenoxy) is 1. The first-order valence-corrected chi connectivity index (χ1v) is 4.52. The topological polar surface area (TPSA) is 49.4 Å². The Bertz CT molecular complexity index is 415. The van der Waals surface area contributed by atoms with Crippen molar-refractivity contribution in [3.05, 3.63) is 29.6 Å². The van der Waals surface area contributed by atoms with Gasteiger partial charge < -0.3 is 14.6 Å². The van der Waals surface area contributed by atoms with Crippen LogP contribution in [0.1, 0.15) is 12.0 Å². The molecule has 1 rings (SSSR count). The molecule has 17 heavy (non-hydrogen) atoms. The number of hydrogen-bond donors (Lipinski definition) is 0. The summed E-state index contributed by atoms with van der Waals surface area (Å²) >= 11 is 0. The molecule has 0 fully saturated rings. The van der Waals surface area contributed by atoms with Gasteiger partial charge in [0.1, 0.15) is 0 Å². The van der Waals surface area contributed by atoms with Crippen LogP contribution in [-0.2, 0) is 11.2 Å². The van der Waals surface area contributed by atoms with Gasteiger partial charge in [0.05, 0.1) is 0 Å². The third kappa shape index (κ3) is 4.71. The second kappa shape index (κ2) is 5.03. The van der Waals surface area contributed by atoms with Gasteiger partial charge in [0, 0.05) is 5.97 Å². The Labute approximate surface area is 93.6 Å². The lowest BCUT2D eigenvalue weighted by molar-refractivity contribution is -0.305. The van der Waals surface area contributed by atoms with Gasteiger partial charge in [-0.25, -0.2) is 4.39 Å². The first-order valence-electron chi connectivity index (χ1n) is 4.52. The van der Waals surface area contributed by atoms with Crippen LogP contribution in [0.4, 0.5) is 17.6 Å². The van der Waals surface area contributed by atoms with Crippen molar-refractivity contribution in [3.8, 4) is 5.75 Å². The van der Waals surface area contributed by atoms with E-state index in [1.165, 1.54) is 0 Å². The first kappa shape index (κ1) is 13.3. The zero-order valence-electron chi connectivity index (χ0n) is 8.38. The van der Waals surface area contributed by atoms with E-state index < -0.39 is 23.9 Å². The molecule has 0 aromatic heterocycles. The van der Waals surface area contributed by atoms with E-state index in [1.54, 1.807) is 0 Å². The highest BCUT2D eigenvalue weighted by Gasteiger charge is 2.32. The van der Waals surface area contributed by atoms with Crippen LogP contribution in [0.2, 0.25) is 0 Å². The molecule has 7 heteroatoms. The van der Waals surface area contributed by atoms with E-state index in [2.05, 4.69) is 4.74 Å². The summed E-state index contributed by atoms with van der Waals surface area (Å²) in [7, 11) is 0. The highest BCUT2D eigenvalue weighted by molar-refractivity contribution is 5.64. The van der Waals surface area contributed by atoms with Crippen molar-refractivity contribution in [2.75, 3.05) is 0 Å². The molecule has 0 aliphatic rings. The summed E-state index contributed by atoms with van der Waals surface area (Å²) in [6.07, 6.45) is -5.32. The minimum atomic E-state index is -4.96. The predicted octanol–water partition coefficient (Wildman–Crippen LogP) is 1.41. The van der Waals surface area contributed by atoms with Crippen LogP contribution in [0.3, 0.4) is 0 Å². The van der Waals surface area contributed by atoms with Crippen molar-refractivity contribution < 1.29 is 32.2 Å². The molecule has 0 atom stereocenters. The summed E-state index contributed by atoms with van der Waals surface area (Å²) in [4.78, 5) is 10.1. The number of hydrogen-bond acceptors (Lipinski definition) is 3. The van der Waals surface area contributed by atoms with Crippen LogP contribution in [0.25, 0.3) is 0 Å². The number of benzene rings is 1. The van der Waals surface area contributed by atoms with E-state index in [9.17, 15) is 27.5 Å². The number of rotatable bonds is 4. The van der Waals surface area contributed by atoms with Crippen molar-refractivity contribution in [2.24, 2.45) is 0 Å². The molecule has 0 amide bonds. The molecule has 1 aromatic rings. The second-order valence-corrected chi connectivity index (χ2v) is 3.18. The maximum Gasteiger partial charge on any atom is 0.573 e. The minimum absolute atomic E-state index is 0.0223. The van der Waals surface area contributed by atoms with E-state index in [0.717, 1.165) is 18.2 Å². The fraction of sp³-hybridized carbons (Fsp3) is 0.300. The van der Waals surface area contributed by atoms with E-state index in [0.29, 0.717) is 0 Å².